The molecule has 0 aliphatic carbocycles. The molecule has 0 radical (unpaired) electrons. The van der Waals surface area contributed by atoms with Crippen LogP contribution in [0.4, 0.5) is 9.52 Å². The molecule has 0 saturated carbocycles. The van der Waals surface area contributed by atoms with Crippen LogP contribution in [0.1, 0.15) is 23.1 Å². The van der Waals surface area contributed by atoms with Crippen LogP contribution in [0.15, 0.2) is 35.8 Å². The van der Waals surface area contributed by atoms with Crippen molar-refractivity contribution in [2.24, 2.45) is 0 Å². The normalized spacial score (nSPS) is 10.6. The molecule has 1 aromatic carbocycles. The topological polar surface area (TPSA) is 69.0 Å². The first-order valence-corrected chi connectivity index (χ1v) is 8.16. The van der Waals surface area contributed by atoms with Crippen molar-refractivity contribution in [3.63, 3.8) is 0 Å². The largest absolute Gasteiger partial charge is 0.490 e. The van der Waals surface area contributed by atoms with Gasteiger partial charge in [0, 0.05) is 5.38 Å². The minimum atomic E-state index is -0.409. The van der Waals surface area contributed by atoms with E-state index in [4.69, 9.17) is 4.74 Å². The fraction of sp³-hybridized carbons (Fsp3) is 0.188. The first kappa shape index (κ1) is 16.1. The van der Waals surface area contributed by atoms with Crippen LogP contribution in [0, 0.1) is 12.7 Å². The van der Waals surface area contributed by atoms with Crippen LogP contribution in [-0.4, -0.2) is 27.3 Å². The van der Waals surface area contributed by atoms with Crippen LogP contribution in [0.5, 0.6) is 5.75 Å². The van der Waals surface area contributed by atoms with Gasteiger partial charge in [-0.2, -0.15) is 5.10 Å². The summed E-state index contributed by atoms with van der Waals surface area (Å²) < 4.78 is 20.0. The summed E-state index contributed by atoms with van der Waals surface area (Å²) in [5.41, 5.74) is 1.60. The number of hydrogen-bond acceptors (Lipinski definition) is 5. The zero-order valence-electron chi connectivity index (χ0n) is 13.1. The van der Waals surface area contributed by atoms with Gasteiger partial charge < -0.3 is 4.74 Å². The molecule has 0 saturated heterocycles. The molecule has 8 heteroatoms. The molecule has 0 spiro atoms. The quantitative estimate of drug-likeness (QED) is 0.768. The zero-order chi connectivity index (χ0) is 17.1. The number of aromatic nitrogens is 3. The zero-order valence-corrected chi connectivity index (χ0v) is 13.9. The van der Waals surface area contributed by atoms with Gasteiger partial charge in [-0.15, -0.1) is 11.3 Å². The molecular formula is C16H15FN4O2S. The van der Waals surface area contributed by atoms with Gasteiger partial charge in [0.2, 0.25) is 0 Å². The Morgan fingerprint density at radius 2 is 2.12 bits per heavy atom. The van der Waals surface area contributed by atoms with Gasteiger partial charge in [-0.05, 0) is 38.1 Å². The maximum atomic E-state index is 13.1. The lowest BCUT2D eigenvalue weighted by Gasteiger charge is -2.02. The van der Waals surface area contributed by atoms with Crippen molar-refractivity contribution in [1.82, 2.24) is 14.8 Å². The number of thiazole rings is 1. The molecule has 2 aromatic heterocycles. The van der Waals surface area contributed by atoms with Crippen molar-refractivity contribution in [2.75, 3.05) is 11.9 Å². The lowest BCUT2D eigenvalue weighted by atomic mass is 10.3. The van der Waals surface area contributed by atoms with Gasteiger partial charge in [-0.1, -0.05) is 0 Å². The Balaban J connectivity index is 1.90. The first-order chi connectivity index (χ1) is 11.6. The van der Waals surface area contributed by atoms with Crippen molar-refractivity contribution >= 4 is 22.4 Å². The second-order valence-electron chi connectivity index (χ2n) is 4.94. The van der Waals surface area contributed by atoms with Crippen LogP contribution in [0.3, 0.4) is 0 Å². The van der Waals surface area contributed by atoms with E-state index in [1.165, 1.54) is 28.2 Å². The SMILES string of the molecule is CCOc1cn(-c2ccc(F)cc2)nc1C(=O)Nc1nc(C)cs1. The van der Waals surface area contributed by atoms with Crippen molar-refractivity contribution in [1.29, 1.82) is 0 Å². The molecule has 0 aliphatic heterocycles. The molecule has 6 nitrogen and oxygen atoms in total. The molecule has 1 amide bonds. The summed E-state index contributed by atoms with van der Waals surface area (Å²) in [6, 6.07) is 5.80. The van der Waals surface area contributed by atoms with Crippen molar-refractivity contribution in [2.45, 2.75) is 13.8 Å². The Kier molecular flexibility index (Phi) is 4.57. The summed E-state index contributed by atoms with van der Waals surface area (Å²) in [5, 5.41) is 9.31. The number of amides is 1. The number of halogens is 1. The van der Waals surface area contributed by atoms with E-state index < -0.39 is 5.91 Å². The molecule has 2 heterocycles. The van der Waals surface area contributed by atoms with Gasteiger partial charge in [-0.3, -0.25) is 10.1 Å². The van der Waals surface area contributed by atoms with E-state index in [1.807, 2.05) is 19.2 Å². The third-order valence-corrected chi connectivity index (χ3v) is 4.00. The number of nitrogens with zero attached hydrogens (tertiary/aromatic N) is 3. The predicted molar refractivity (Wildman–Crippen MR) is 89.5 cm³/mol. The Morgan fingerprint density at radius 1 is 1.38 bits per heavy atom. The van der Waals surface area contributed by atoms with Crippen molar-refractivity contribution in [3.8, 4) is 11.4 Å². The average molecular weight is 346 g/mol. The molecule has 124 valence electrons. The average Bonchev–Trinajstić information content (AvgIpc) is 3.15. The molecule has 0 atom stereocenters. The third-order valence-electron chi connectivity index (χ3n) is 3.13. The Morgan fingerprint density at radius 3 is 2.75 bits per heavy atom. The predicted octanol–water partition coefficient (Wildman–Crippen LogP) is 3.43. The van der Waals surface area contributed by atoms with Crippen LogP contribution in [-0.2, 0) is 0 Å². The Labute approximate surface area is 141 Å². The van der Waals surface area contributed by atoms with Crippen LogP contribution in [0.25, 0.3) is 5.69 Å². The highest BCUT2D eigenvalue weighted by atomic mass is 32.1. The van der Waals surface area contributed by atoms with Gasteiger partial charge in [0.15, 0.2) is 16.6 Å². The Bertz CT molecular complexity index is 857. The number of nitrogens with one attached hydrogen (secondary N) is 1. The molecule has 0 aliphatic rings. The highest BCUT2D eigenvalue weighted by Gasteiger charge is 2.20. The molecule has 24 heavy (non-hydrogen) atoms. The number of benzene rings is 1. The van der Waals surface area contributed by atoms with Crippen molar-refractivity contribution < 1.29 is 13.9 Å². The van der Waals surface area contributed by atoms with Crippen molar-refractivity contribution in [3.05, 3.63) is 53.0 Å². The molecule has 0 bridgehead atoms. The Hall–Kier alpha value is -2.74. The van der Waals surface area contributed by atoms with Crippen LogP contribution in [0.2, 0.25) is 0 Å². The summed E-state index contributed by atoms with van der Waals surface area (Å²) in [7, 11) is 0. The molecular weight excluding hydrogens is 331 g/mol. The number of aryl methyl sites for hydroxylation is 1. The van der Waals surface area contributed by atoms with E-state index in [2.05, 4.69) is 15.4 Å². The summed E-state index contributed by atoms with van der Waals surface area (Å²) >= 11 is 1.34. The maximum absolute atomic E-state index is 13.1. The fourth-order valence-corrected chi connectivity index (χ4v) is 2.75. The number of carbonyl (C=O) groups is 1. The van der Waals surface area contributed by atoms with Gasteiger partial charge in [-0.25, -0.2) is 14.1 Å². The molecule has 0 fully saturated rings. The van der Waals surface area contributed by atoms with E-state index in [-0.39, 0.29) is 11.5 Å². The van der Waals surface area contributed by atoms with E-state index in [9.17, 15) is 9.18 Å². The second kappa shape index (κ2) is 6.79. The molecule has 3 aromatic rings. The summed E-state index contributed by atoms with van der Waals surface area (Å²) in [6.45, 7) is 4.06. The minimum Gasteiger partial charge on any atom is -0.490 e. The second-order valence-corrected chi connectivity index (χ2v) is 5.80. The number of ether oxygens (including phenoxy) is 1. The van der Waals surface area contributed by atoms with Crippen LogP contribution < -0.4 is 10.1 Å². The third kappa shape index (κ3) is 3.43. The van der Waals surface area contributed by atoms with Gasteiger partial charge in [0.1, 0.15) is 5.82 Å². The van der Waals surface area contributed by atoms with E-state index in [1.54, 1.807) is 18.3 Å². The number of hydrogen-bond donors (Lipinski definition) is 1. The maximum Gasteiger partial charge on any atom is 0.281 e. The molecule has 0 unspecified atom stereocenters. The lowest BCUT2D eigenvalue weighted by Crippen LogP contribution is -2.14. The van der Waals surface area contributed by atoms with Gasteiger partial charge in [0.05, 0.1) is 24.2 Å². The summed E-state index contributed by atoms with van der Waals surface area (Å²) in [4.78, 5) is 16.7. The smallest absolute Gasteiger partial charge is 0.281 e. The summed E-state index contributed by atoms with van der Waals surface area (Å²) in [5.74, 6) is -0.394. The monoisotopic (exact) mass is 346 g/mol. The molecule has 3 rings (SSSR count). The fourth-order valence-electron chi connectivity index (χ4n) is 2.07. The highest BCUT2D eigenvalue weighted by Crippen LogP contribution is 2.22. The van der Waals surface area contributed by atoms with Gasteiger partial charge in [0.25, 0.3) is 5.91 Å². The molecule has 1 N–H and O–H groups in total. The highest BCUT2D eigenvalue weighted by molar-refractivity contribution is 7.13. The minimum absolute atomic E-state index is 0.147. The van der Waals surface area contributed by atoms with E-state index >= 15 is 0 Å². The van der Waals surface area contributed by atoms with E-state index in [0.29, 0.717) is 23.2 Å². The van der Waals surface area contributed by atoms with Crippen LogP contribution >= 0.6 is 11.3 Å². The first-order valence-electron chi connectivity index (χ1n) is 7.28. The number of carbonyl (C=O) groups excluding carboxylic acids is 1. The van der Waals surface area contributed by atoms with Gasteiger partial charge >= 0.3 is 0 Å². The number of anilines is 1. The standard InChI is InChI=1S/C16H15FN4O2S/c1-3-23-13-8-21(12-6-4-11(17)5-7-12)20-14(13)15(22)19-16-18-10(2)9-24-16/h4-9H,3H2,1-2H3,(H,18,19,22). The van der Waals surface area contributed by atoms with E-state index in [0.717, 1.165) is 5.69 Å². The number of rotatable bonds is 5. The lowest BCUT2D eigenvalue weighted by molar-refractivity contribution is 0.101. The summed E-state index contributed by atoms with van der Waals surface area (Å²) in [6.07, 6.45) is 1.60.